The van der Waals surface area contributed by atoms with E-state index in [2.05, 4.69) is 34.5 Å². The van der Waals surface area contributed by atoms with Gasteiger partial charge in [0.05, 0.1) is 12.2 Å². The molecule has 0 saturated carbocycles. The first-order chi connectivity index (χ1) is 13.3. The number of ether oxygens (including phenoxy) is 1. The van der Waals surface area contributed by atoms with E-state index in [4.69, 9.17) is 4.74 Å². The zero-order valence-corrected chi connectivity index (χ0v) is 16.4. The van der Waals surface area contributed by atoms with E-state index in [1.165, 1.54) is 15.6 Å². The molecule has 2 heterocycles. The van der Waals surface area contributed by atoms with Crippen LogP contribution in [-0.4, -0.2) is 48.5 Å². The van der Waals surface area contributed by atoms with Gasteiger partial charge in [0.25, 0.3) is 5.91 Å². The van der Waals surface area contributed by atoms with Crippen LogP contribution >= 0.6 is 11.3 Å². The van der Waals surface area contributed by atoms with E-state index in [9.17, 15) is 4.79 Å². The highest BCUT2D eigenvalue weighted by atomic mass is 32.1. The van der Waals surface area contributed by atoms with Crippen LogP contribution in [0, 0.1) is 0 Å². The van der Waals surface area contributed by atoms with Crippen LogP contribution in [0.1, 0.15) is 22.8 Å². The Morgan fingerprint density at radius 3 is 2.59 bits per heavy atom. The third kappa shape index (κ3) is 3.84. The second kappa shape index (κ2) is 8.11. The first kappa shape index (κ1) is 18.0. The molecule has 27 heavy (non-hydrogen) atoms. The average Bonchev–Trinajstić information content (AvgIpc) is 3.12. The third-order valence-electron chi connectivity index (χ3n) is 5.03. The van der Waals surface area contributed by atoms with Crippen LogP contribution in [0.15, 0.2) is 53.9 Å². The Labute approximate surface area is 164 Å². The fourth-order valence-corrected chi connectivity index (χ4v) is 4.55. The molecule has 0 spiro atoms. The van der Waals surface area contributed by atoms with Crippen LogP contribution in [0.2, 0.25) is 0 Å². The third-order valence-corrected chi connectivity index (χ3v) is 6.04. The minimum atomic E-state index is 0.0692. The van der Waals surface area contributed by atoms with E-state index in [1.54, 1.807) is 11.3 Å². The molecule has 1 aliphatic rings. The molecule has 1 aromatic heterocycles. The number of piperazine rings is 1. The van der Waals surface area contributed by atoms with Crippen molar-refractivity contribution in [2.75, 3.05) is 32.8 Å². The monoisotopic (exact) mass is 380 g/mol. The summed E-state index contributed by atoms with van der Waals surface area (Å²) in [6, 6.07) is 16.1. The maximum Gasteiger partial charge on any atom is 0.257 e. The Hall–Kier alpha value is -2.37. The van der Waals surface area contributed by atoms with E-state index in [0.29, 0.717) is 17.9 Å². The predicted octanol–water partition coefficient (Wildman–Crippen LogP) is 4.26. The number of para-hydroxylation sites is 1. The van der Waals surface area contributed by atoms with Crippen LogP contribution in [0.25, 0.3) is 10.1 Å². The van der Waals surface area contributed by atoms with Crippen LogP contribution < -0.4 is 4.74 Å². The van der Waals surface area contributed by atoms with Gasteiger partial charge < -0.3 is 9.64 Å². The van der Waals surface area contributed by atoms with Crippen molar-refractivity contribution in [1.29, 1.82) is 0 Å². The highest BCUT2D eigenvalue weighted by Crippen LogP contribution is 2.27. The van der Waals surface area contributed by atoms with Gasteiger partial charge in [0.15, 0.2) is 0 Å². The van der Waals surface area contributed by atoms with E-state index >= 15 is 0 Å². The van der Waals surface area contributed by atoms with Crippen LogP contribution in [-0.2, 0) is 6.54 Å². The largest absolute Gasteiger partial charge is 0.493 e. The second-order valence-corrected chi connectivity index (χ2v) is 7.67. The lowest BCUT2D eigenvalue weighted by molar-refractivity contribution is 0.0625. The molecular weight excluding hydrogens is 356 g/mol. The van der Waals surface area contributed by atoms with E-state index < -0.39 is 0 Å². The van der Waals surface area contributed by atoms with Crippen molar-refractivity contribution in [3.8, 4) is 5.75 Å². The van der Waals surface area contributed by atoms with Gasteiger partial charge in [0, 0.05) is 37.4 Å². The molecule has 1 saturated heterocycles. The Balaban J connectivity index is 1.40. The van der Waals surface area contributed by atoms with Gasteiger partial charge >= 0.3 is 0 Å². The first-order valence-electron chi connectivity index (χ1n) is 9.45. The van der Waals surface area contributed by atoms with Gasteiger partial charge in [-0.05, 0) is 41.5 Å². The quantitative estimate of drug-likeness (QED) is 0.663. The lowest BCUT2D eigenvalue weighted by Crippen LogP contribution is -2.48. The molecule has 1 fully saturated rings. The van der Waals surface area contributed by atoms with Gasteiger partial charge in [-0.1, -0.05) is 30.3 Å². The maximum atomic E-state index is 12.9. The molecule has 3 aromatic rings. The molecule has 0 N–H and O–H groups in total. The summed E-state index contributed by atoms with van der Waals surface area (Å²) in [6.07, 6.45) is 0. The number of carbonyl (C=O) groups is 1. The number of thiophene rings is 1. The number of carbonyl (C=O) groups excluding carboxylic acids is 1. The molecule has 0 unspecified atom stereocenters. The van der Waals surface area contributed by atoms with E-state index in [1.807, 2.05) is 36.1 Å². The predicted molar refractivity (Wildman–Crippen MR) is 111 cm³/mol. The van der Waals surface area contributed by atoms with Crippen molar-refractivity contribution in [2.45, 2.75) is 13.5 Å². The summed E-state index contributed by atoms with van der Waals surface area (Å²) >= 11 is 1.81. The number of benzene rings is 2. The summed E-state index contributed by atoms with van der Waals surface area (Å²) in [4.78, 5) is 17.3. The SMILES string of the molecule is CCOc1ccccc1C(=O)N1CCN(Cc2csc3ccccc23)CC1. The fraction of sp³-hybridized carbons (Fsp3) is 0.318. The molecule has 2 aromatic carbocycles. The summed E-state index contributed by atoms with van der Waals surface area (Å²) in [6.45, 7) is 6.74. The standard InChI is InChI=1S/C22H24N2O2S/c1-2-26-20-9-5-3-8-19(20)22(25)24-13-11-23(12-14-24)15-17-16-27-21-10-6-4-7-18(17)21/h3-10,16H,2,11-15H2,1H3. The van der Waals surface area contributed by atoms with Crippen LogP contribution in [0.3, 0.4) is 0 Å². The van der Waals surface area contributed by atoms with Gasteiger partial charge in [0.1, 0.15) is 5.75 Å². The fourth-order valence-electron chi connectivity index (χ4n) is 3.60. The van der Waals surface area contributed by atoms with Crippen molar-refractivity contribution < 1.29 is 9.53 Å². The number of nitrogens with zero attached hydrogens (tertiary/aromatic N) is 2. The van der Waals surface area contributed by atoms with Gasteiger partial charge in [0.2, 0.25) is 0 Å². The second-order valence-electron chi connectivity index (χ2n) is 6.75. The molecule has 0 atom stereocenters. The van der Waals surface area contributed by atoms with Crippen LogP contribution in [0.4, 0.5) is 0 Å². The summed E-state index contributed by atoms with van der Waals surface area (Å²) in [5, 5.41) is 3.62. The van der Waals surface area contributed by atoms with Gasteiger partial charge in [-0.3, -0.25) is 9.69 Å². The summed E-state index contributed by atoms with van der Waals surface area (Å²) in [7, 11) is 0. The van der Waals surface area contributed by atoms with E-state index in [-0.39, 0.29) is 5.91 Å². The molecule has 1 amide bonds. The normalized spacial score (nSPS) is 15.2. The molecule has 4 nitrogen and oxygen atoms in total. The highest BCUT2D eigenvalue weighted by Gasteiger charge is 2.24. The van der Waals surface area contributed by atoms with Crippen molar-refractivity contribution >= 4 is 27.3 Å². The summed E-state index contributed by atoms with van der Waals surface area (Å²) in [5.41, 5.74) is 2.05. The summed E-state index contributed by atoms with van der Waals surface area (Å²) < 4.78 is 6.97. The highest BCUT2D eigenvalue weighted by molar-refractivity contribution is 7.17. The first-order valence-corrected chi connectivity index (χ1v) is 10.3. The minimum absolute atomic E-state index is 0.0692. The molecule has 4 rings (SSSR count). The minimum Gasteiger partial charge on any atom is -0.493 e. The Bertz CT molecular complexity index is 929. The lowest BCUT2D eigenvalue weighted by atomic mass is 10.1. The van der Waals surface area contributed by atoms with Crippen molar-refractivity contribution in [1.82, 2.24) is 9.80 Å². The zero-order chi connectivity index (χ0) is 18.6. The maximum absolute atomic E-state index is 12.9. The molecule has 0 aliphatic carbocycles. The van der Waals surface area contributed by atoms with Crippen molar-refractivity contribution in [2.24, 2.45) is 0 Å². The smallest absolute Gasteiger partial charge is 0.257 e. The van der Waals surface area contributed by atoms with Gasteiger partial charge in [-0.25, -0.2) is 0 Å². The number of rotatable bonds is 5. The molecule has 0 radical (unpaired) electrons. The molecule has 5 heteroatoms. The topological polar surface area (TPSA) is 32.8 Å². The number of amides is 1. The zero-order valence-electron chi connectivity index (χ0n) is 15.6. The average molecular weight is 381 g/mol. The van der Waals surface area contributed by atoms with Crippen molar-refractivity contribution in [3.05, 3.63) is 65.0 Å². The number of fused-ring (bicyclic) bond motifs is 1. The Morgan fingerprint density at radius 1 is 1.04 bits per heavy atom. The van der Waals surface area contributed by atoms with Crippen LogP contribution in [0.5, 0.6) is 5.75 Å². The molecule has 0 bridgehead atoms. The lowest BCUT2D eigenvalue weighted by Gasteiger charge is -2.35. The van der Waals surface area contributed by atoms with E-state index in [0.717, 1.165) is 32.7 Å². The van der Waals surface area contributed by atoms with Crippen molar-refractivity contribution in [3.63, 3.8) is 0 Å². The van der Waals surface area contributed by atoms with Gasteiger partial charge in [-0.2, -0.15) is 0 Å². The van der Waals surface area contributed by atoms with Gasteiger partial charge in [-0.15, -0.1) is 11.3 Å². The Morgan fingerprint density at radius 2 is 1.78 bits per heavy atom. The summed E-state index contributed by atoms with van der Waals surface area (Å²) in [5.74, 6) is 0.747. The molecule has 140 valence electrons. The number of hydrogen-bond acceptors (Lipinski definition) is 4. The number of hydrogen-bond donors (Lipinski definition) is 0. The Kier molecular flexibility index (Phi) is 5.41. The molecular formula is C22H24N2O2S. The molecule has 1 aliphatic heterocycles.